The maximum absolute atomic E-state index is 4.48. The molecule has 0 aliphatic carbocycles. The van der Waals surface area contributed by atoms with Gasteiger partial charge in [-0.2, -0.15) is 5.10 Å². The van der Waals surface area contributed by atoms with Crippen LogP contribution in [-0.4, -0.2) is 16.3 Å². The average molecular weight is 342 g/mol. The van der Waals surface area contributed by atoms with Crippen molar-refractivity contribution in [1.29, 1.82) is 0 Å². The molecule has 1 atom stereocenters. The van der Waals surface area contributed by atoms with Gasteiger partial charge in [-0.1, -0.05) is 13.8 Å². The first-order valence-electron chi connectivity index (χ1n) is 6.68. The number of aromatic nitrogens is 2. The third-order valence-corrected chi connectivity index (χ3v) is 4.67. The van der Waals surface area contributed by atoms with Gasteiger partial charge in [0.05, 0.1) is 22.4 Å². The Morgan fingerprint density at radius 3 is 2.79 bits per heavy atom. The topological polar surface area (TPSA) is 29.9 Å². The van der Waals surface area contributed by atoms with E-state index in [4.69, 9.17) is 0 Å². The molecule has 0 fully saturated rings. The van der Waals surface area contributed by atoms with Crippen molar-refractivity contribution in [2.24, 2.45) is 0 Å². The quantitative estimate of drug-likeness (QED) is 0.856. The van der Waals surface area contributed by atoms with E-state index < -0.39 is 0 Å². The zero-order valence-electron chi connectivity index (χ0n) is 11.6. The molecule has 0 aromatic carbocycles. The lowest BCUT2D eigenvalue weighted by Gasteiger charge is -2.19. The summed E-state index contributed by atoms with van der Waals surface area (Å²) in [6.07, 6.45) is 2.99. The van der Waals surface area contributed by atoms with Gasteiger partial charge in [0.1, 0.15) is 0 Å². The Balaban J connectivity index is 2.41. The summed E-state index contributed by atoms with van der Waals surface area (Å²) in [7, 11) is 0. The molecule has 2 heterocycles. The van der Waals surface area contributed by atoms with Crippen molar-refractivity contribution in [2.75, 3.05) is 6.54 Å². The van der Waals surface area contributed by atoms with Gasteiger partial charge < -0.3 is 5.32 Å². The van der Waals surface area contributed by atoms with E-state index in [0.717, 1.165) is 24.0 Å². The number of nitrogens with one attached hydrogen (secondary N) is 1. The highest BCUT2D eigenvalue weighted by molar-refractivity contribution is 9.10. The molecule has 1 N–H and O–H groups in total. The molecular weight excluding hydrogens is 322 g/mol. The van der Waals surface area contributed by atoms with Crippen LogP contribution < -0.4 is 5.32 Å². The standard InChI is InChI=1S/C14H20BrN3S/c1-4-8-18-14(11(15)9-17-18)13(16-5-2)12-7-6-10(3)19-12/h6-7,9,13,16H,4-5,8H2,1-3H3. The second-order valence-corrected chi connectivity index (χ2v) is 6.71. The van der Waals surface area contributed by atoms with Gasteiger partial charge in [0.15, 0.2) is 0 Å². The smallest absolute Gasteiger partial charge is 0.0853 e. The second kappa shape index (κ2) is 6.68. The van der Waals surface area contributed by atoms with E-state index in [1.807, 2.05) is 17.5 Å². The monoisotopic (exact) mass is 341 g/mol. The molecular formula is C14H20BrN3S. The Labute approximate surface area is 127 Å². The van der Waals surface area contributed by atoms with Gasteiger partial charge >= 0.3 is 0 Å². The van der Waals surface area contributed by atoms with Crippen molar-refractivity contribution < 1.29 is 0 Å². The van der Waals surface area contributed by atoms with Crippen LogP contribution in [0, 0.1) is 6.92 Å². The molecule has 19 heavy (non-hydrogen) atoms. The van der Waals surface area contributed by atoms with Gasteiger partial charge in [0, 0.05) is 16.3 Å². The summed E-state index contributed by atoms with van der Waals surface area (Å²) in [5, 5.41) is 8.05. The van der Waals surface area contributed by atoms with E-state index in [2.05, 4.69) is 63.9 Å². The average Bonchev–Trinajstić information content (AvgIpc) is 2.95. The van der Waals surface area contributed by atoms with E-state index in [1.165, 1.54) is 15.4 Å². The van der Waals surface area contributed by atoms with Crippen LogP contribution in [0.4, 0.5) is 0 Å². The normalized spacial score (nSPS) is 12.8. The molecule has 0 aliphatic rings. The highest BCUT2D eigenvalue weighted by Crippen LogP contribution is 2.32. The fourth-order valence-corrected chi connectivity index (χ4v) is 3.68. The van der Waals surface area contributed by atoms with E-state index in [1.54, 1.807) is 0 Å². The van der Waals surface area contributed by atoms with Crippen LogP contribution in [0.15, 0.2) is 22.8 Å². The highest BCUT2D eigenvalue weighted by Gasteiger charge is 2.22. The minimum atomic E-state index is 0.215. The fraction of sp³-hybridized carbons (Fsp3) is 0.500. The molecule has 0 bridgehead atoms. The minimum Gasteiger partial charge on any atom is -0.305 e. The Bertz CT molecular complexity index is 533. The molecule has 0 aliphatic heterocycles. The van der Waals surface area contributed by atoms with Gasteiger partial charge in [-0.05, 0) is 48.0 Å². The number of aryl methyl sites for hydroxylation is 2. The molecule has 1 unspecified atom stereocenters. The first-order chi connectivity index (χ1) is 9.17. The van der Waals surface area contributed by atoms with Gasteiger partial charge in [-0.25, -0.2) is 0 Å². The largest absolute Gasteiger partial charge is 0.305 e. The van der Waals surface area contributed by atoms with E-state index in [9.17, 15) is 0 Å². The maximum atomic E-state index is 4.48. The van der Waals surface area contributed by atoms with Crippen molar-refractivity contribution in [3.05, 3.63) is 38.3 Å². The number of halogens is 1. The Morgan fingerprint density at radius 1 is 1.42 bits per heavy atom. The summed E-state index contributed by atoms with van der Waals surface area (Å²) >= 11 is 5.49. The Kier molecular flexibility index (Phi) is 5.19. The van der Waals surface area contributed by atoms with E-state index in [-0.39, 0.29) is 6.04 Å². The SMILES string of the molecule is CCCn1ncc(Br)c1C(NCC)c1ccc(C)s1. The van der Waals surface area contributed by atoms with Gasteiger partial charge in [0.25, 0.3) is 0 Å². The fourth-order valence-electron chi connectivity index (χ4n) is 2.19. The van der Waals surface area contributed by atoms with Gasteiger partial charge in [-0.3, -0.25) is 4.68 Å². The van der Waals surface area contributed by atoms with Crippen molar-refractivity contribution in [2.45, 2.75) is 39.8 Å². The third kappa shape index (κ3) is 3.27. The molecule has 2 aromatic rings. The molecule has 104 valence electrons. The molecule has 2 aromatic heterocycles. The van der Waals surface area contributed by atoms with Crippen molar-refractivity contribution in [3.63, 3.8) is 0 Å². The second-order valence-electron chi connectivity index (χ2n) is 4.54. The molecule has 0 radical (unpaired) electrons. The van der Waals surface area contributed by atoms with Crippen molar-refractivity contribution in [1.82, 2.24) is 15.1 Å². The van der Waals surface area contributed by atoms with E-state index in [0.29, 0.717) is 0 Å². The third-order valence-electron chi connectivity index (χ3n) is 3.00. The van der Waals surface area contributed by atoms with Crippen molar-refractivity contribution in [3.8, 4) is 0 Å². The van der Waals surface area contributed by atoms with Crippen LogP contribution in [0.2, 0.25) is 0 Å². The van der Waals surface area contributed by atoms with Gasteiger partial charge in [-0.15, -0.1) is 11.3 Å². The number of nitrogens with zero attached hydrogens (tertiary/aromatic N) is 2. The number of rotatable bonds is 6. The Morgan fingerprint density at radius 2 is 2.21 bits per heavy atom. The summed E-state index contributed by atoms with van der Waals surface area (Å²) in [6.45, 7) is 8.35. The minimum absolute atomic E-state index is 0.215. The summed E-state index contributed by atoms with van der Waals surface area (Å²) in [5.74, 6) is 0. The molecule has 0 spiro atoms. The molecule has 0 amide bonds. The summed E-state index contributed by atoms with van der Waals surface area (Å²) in [6, 6.07) is 4.61. The molecule has 3 nitrogen and oxygen atoms in total. The molecule has 2 rings (SSSR count). The number of hydrogen-bond acceptors (Lipinski definition) is 3. The maximum Gasteiger partial charge on any atom is 0.0853 e. The lowest BCUT2D eigenvalue weighted by molar-refractivity contribution is 0.522. The summed E-state index contributed by atoms with van der Waals surface area (Å²) < 4.78 is 3.19. The van der Waals surface area contributed by atoms with Crippen molar-refractivity contribution >= 4 is 27.3 Å². The number of thiophene rings is 1. The van der Waals surface area contributed by atoms with Crippen LogP contribution in [0.3, 0.4) is 0 Å². The zero-order valence-corrected chi connectivity index (χ0v) is 14.0. The molecule has 0 saturated carbocycles. The van der Waals surface area contributed by atoms with Crippen LogP contribution in [0.1, 0.15) is 41.8 Å². The predicted molar refractivity (Wildman–Crippen MR) is 84.8 cm³/mol. The first kappa shape index (κ1) is 14.8. The van der Waals surface area contributed by atoms with Crippen LogP contribution in [0.5, 0.6) is 0 Å². The lowest BCUT2D eigenvalue weighted by Crippen LogP contribution is -2.24. The summed E-state index contributed by atoms with van der Waals surface area (Å²) in [4.78, 5) is 2.69. The first-order valence-corrected chi connectivity index (χ1v) is 8.29. The van der Waals surface area contributed by atoms with Crippen LogP contribution in [0.25, 0.3) is 0 Å². The highest BCUT2D eigenvalue weighted by atomic mass is 79.9. The van der Waals surface area contributed by atoms with E-state index >= 15 is 0 Å². The predicted octanol–water partition coefficient (Wildman–Crippen LogP) is 4.12. The van der Waals surface area contributed by atoms with Gasteiger partial charge in [0.2, 0.25) is 0 Å². The van der Waals surface area contributed by atoms with Crippen LogP contribution >= 0.6 is 27.3 Å². The Hall–Kier alpha value is -0.650. The zero-order chi connectivity index (χ0) is 13.8. The lowest BCUT2D eigenvalue weighted by atomic mass is 10.1. The molecule has 0 saturated heterocycles. The molecule has 5 heteroatoms. The number of hydrogen-bond donors (Lipinski definition) is 1. The van der Waals surface area contributed by atoms with Crippen LogP contribution in [-0.2, 0) is 6.54 Å². The summed E-state index contributed by atoms with van der Waals surface area (Å²) in [5.41, 5.74) is 1.23.